The number of aromatic nitrogens is 2. The van der Waals surface area contributed by atoms with Gasteiger partial charge >= 0.3 is 0 Å². The van der Waals surface area contributed by atoms with Gasteiger partial charge in [0.1, 0.15) is 5.82 Å². The van der Waals surface area contributed by atoms with Gasteiger partial charge < -0.3 is 5.32 Å². The predicted octanol–water partition coefficient (Wildman–Crippen LogP) is 4.77. The molecule has 0 spiro atoms. The van der Waals surface area contributed by atoms with E-state index in [0.29, 0.717) is 6.04 Å². The molecule has 4 rings (SSSR count). The molecule has 3 aromatic rings. The number of nitrogens with zero attached hydrogens (tertiary/aromatic N) is 2. The Bertz CT molecular complexity index is 858. The smallest absolute Gasteiger partial charge is 0.267 e. The minimum Gasteiger partial charge on any atom is -0.306 e. The van der Waals surface area contributed by atoms with Crippen molar-refractivity contribution in [2.24, 2.45) is 0 Å². The van der Waals surface area contributed by atoms with Gasteiger partial charge in [-0.1, -0.05) is 31.0 Å². The van der Waals surface area contributed by atoms with E-state index in [-0.39, 0.29) is 5.91 Å². The lowest BCUT2D eigenvalue weighted by Gasteiger charge is -2.14. The molecule has 118 valence electrons. The van der Waals surface area contributed by atoms with E-state index in [2.05, 4.69) is 22.5 Å². The Kier molecular flexibility index (Phi) is 3.65. The summed E-state index contributed by atoms with van der Waals surface area (Å²) in [7, 11) is 0. The van der Waals surface area contributed by atoms with Crippen molar-refractivity contribution in [3.05, 3.63) is 47.0 Å². The van der Waals surface area contributed by atoms with Gasteiger partial charge in [0.15, 0.2) is 0 Å². The molecule has 0 unspecified atom stereocenters. The Labute approximate surface area is 139 Å². The third-order valence-corrected chi connectivity index (χ3v) is 5.90. The minimum atomic E-state index is -0.0385. The summed E-state index contributed by atoms with van der Waals surface area (Å²) in [4.78, 5) is 13.5. The number of fused-ring (bicyclic) bond motifs is 1. The van der Waals surface area contributed by atoms with Crippen molar-refractivity contribution < 1.29 is 4.79 Å². The van der Waals surface area contributed by atoms with E-state index in [1.165, 1.54) is 12.8 Å². The Balaban J connectivity index is 1.62. The van der Waals surface area contributed by atoms with Crippen LogP contribution in [0.25, 0.3) is 10.1 Å². The Morgan fingerprint density at radius 2 is 2.04 bits per heavy atom. The monoisotopic (exact) mass is 325 g/mol. The van der Waals surface area contributed by atoms with Crippen molar-refractivity contribution in [2.75, 3.05) is 5.32 Å². The molecule has 0 aliphatic heterocycles. The second-order valence-corrected chi connectivity index (χ2v) is 7.16. The first kappa shape index (κ1) is 14.5. The van der Waals surface area contributed by atoms with E-state index in [9.17, 15) is 4.79 Å². The Hall–Kier alpha value is -2.14. The molecule has 23 heavy (non-hydrogen) atoms. The summed E-state index contributed by atoms with van der Waals surface area (Å²) in [6.45, 7) is 2.02. The van der Waals surface area contributed by atoms with Crippen molar-refractivity contribution in [1.82, 2.24) is 9.78 Å². The van der Waals surface area contributed by atoms with Crippen LogP contribution in [0.15, 0.2) is 36.5 Å². The maximum Gasteiger partial charge on any atom is 0.267 e. The van der Waals surface area contributed by atoms with Crippen molar-refractivity contribution in [1.29, 1.82) is 0 Å². The van der Waals surface area contributed by atoms with Crippen LogP contribution >= 0.6 is 11.3 Å². The highest BCUT2D eigenvalue weighted by Crippen LogP contribution is 2.33. The molecule has 1 saturated carbocycles. The van der Waals surface area contributed by atoms with E-state index in [0.717, 1.165) is 39.2 Å². The van der Waals surface area contributed by atoms with Gasteiger partial charge in [0.05, 0.1) is 17.1 Å². The third-order valence-electron chi connectivity index (χ3n) is 4.63. The summed E-state index contributed by atoms with van der Waals surface area (Å²) >= 11 is 1.55. The molecule has 0 atom stereocenters. The normalized spacial score (nSPS) is 15.3. The lowest BCUT2D eigenvalue weighted by atomic mass is 10.1. The quantitative estimate of drug-likeness (QED) is 0.753. The SMILES string of the molecule is Cc1c(C(=O)Nc2ccnn2C2CCCC2)sc2ccccc12. The van der Waals surface area contributed by atoms with Crippen LogP contribution in [0.5, 0.6) is 0 Å². The molecule has 2 heterocycles. The first-order valence-electron chi connectivity index (χ1n) is 8.07. The van der Waals surface area contributed by atoms with Crippen molar-refractivity contribution in [2.45, 2.75) is 38.6 Å². The first-order valence-corrected chi connectivity index (χ1v) is 8.88. The number of benzene rings is 1. The maximum absolute atomic E-state index is 12.7. The van der Waals surface area contributed by atoms with E-state index < -0.39 is 0 Å². The minimum absolute atomic E-state index is 0.0385. The van der Waals surface area contributed by atoms with Gasteiger partial charge in [-0.15, -0.1) is 11.3 Å². The molecule has 0 radical (unpaired) electrons. The average molecular weight is 325 g/mol. The largest absolute Gasteiger partial charge is 0.306 e. The van der Waals surface area contributed by atoms with Crippen LogP contribution in [0.4, 0.5) is 5.82 Å². The zero-order valence-electron chi connectivity index (χ0n) is 13.1. The molecule has 1 fully saturated rings. The number of thiophene rings is 1. The lowest BCUT2D eigenvalue weighted by Crippen LogP contribution is -2.17. The van der Waals surface area contributed by atoms with E-state index in [4.69, 9.17) is 0 Å². The van der Waals surface area contributed by atoms with Gasteiger partial charge in [-0.2, -0.15) is 5.10 Å². The number of carbonyl (C=O) groups is 1. The summed E-state index contributed by atoms with van der Waals surface area (Å²) in [5.41, 5.74) is 1.05. The van der Waals surface area contributed by atoms with Crippen LogP contribution in [0.2, 0.25) is 0 Å². The molecule has 5 heteroatoms. The highest BCUT2D eigenvalue weighted by molar-refractivity contribution is 7.21. The first-order chi connectivity index (χ1) is 11.2. The Morgan fingerprint density at radius 1 is 1.26 bits per heavy atom. The number of rotatable bonds is 3. The molecule has 1 aromatic carbocycles. The van der Waals surface area contributed by atoms with Crippen molar-refractivity contribution >= 4 is 33.1 Å². The summed E-state index contributed by atoms with van der Waals surface area (Å²) in [6.07, 6.45) is 6.55. The third kappa shape index (κ3) is 2.55. The van der Waals surface area contributed by atoms with Gasteiger partial charge in [-0.25, -0.2) is 4.68 Å². The number of aryl methyl sites for hydroxylation is 1. The predicted molar refractivity (Wildman–Crippen MR) is 94.2 cm³/mol. The van der Waals surface area contributed by atoms with Crippen LogP contribution in [-0.2, 0) is 0 Å². The highest BCUT2D eigenvalue weighted by atomic mass is 32.1. The fraction of sp³-hybridized carbons (Fsp3) is 0.333. The molecule has 1 amide bonds. The lowest BCUT2D eigenvalue weighted by molar-refractivity contribution is 0.102. The highest BCUT2D eigenvalue weighted by Gasteiger charge is 2.22. The van der Waals surface area contributed by atoms with Crippen molar-refractivity contribution in [3.8, 4) is 0 Å². The van der Waals surface area contributed by atoms with Crippen LogP contribution in [0.3, 0.4) is 0 Å². The van der Waals surface area contributed by atoms with Gasteiger partial charge in [-0.3, -0.25) is 4.79 Å². The molecule has 0 saturated heterocycles. The molecule has 2 aromatic heterocycles. The number of nitrogens with one attached hydrogen (secondary N) is 1. The molecule has 1 aliphatic rings. The van der Waals surface area contributed by atoms with Crippen LogP contribution < -0.4 is 5.32 Å². The standard InChI is InChI=1S/C18H19N3OS/c1-12-14-8-4-5-9-15(14)23-17(12)18(22)20-16-10-11-19-21(16)13-6-2-3-7-13/h4-5,8-11,13H,2-3,6-7H2,1H3,(H,20,22). The maximum atomic E-state index is 12.7. The molecular formula is C18H19N3OS. The van der Waals surface area contributed by atoms with Gasteiger partial charge in [0.25, 0.3) is 5.91 Å². The van der Waals surface area contributed by atoms with E-state index in [1.807, 2.05) is 29.8 Å². The number of anilines is 1. The van der Waals surface area contributed by atoms with E-state index in [1.54, 1.807) is 17.5 Å². The summed E-state index contributed by atoms with van der Waals surface area (Å²) in [5.74, 6) is 0.766. The van der Waals surface area contributed by atoms with Gasteiger partial charge in [0, 0.05) is 10.8 Å². The van der Waals surface area contributed by atoms with Gasteiger partial charge in [-0.05, 0) is 36.8 Å². The van der Waals surface area contributed by atoms with Crippen LogP contribution in [0.1, 0.15) is 47.0 Å². The Morgan fingerprint density at radius 3 is 2.83 bits per heavy atom. The van der Waals surface area contributed by atoms with Crippen LogP contribution in [0, 0.1) is 6.92 Å². The molecule has 1 N–H and O–H groups in total. The van der Waals surface area contributed by atoms with Crippen LogP contribution in [-0.4, -0.2) is 15.7 Å². The average Bonchev–Trinajstić information content (AvgIpc) is 3.27. The number of hydrogen-bond acceptors (Lipinski definition) is 3. The fourth-order valence-electron chi connectivity index (χ4n) is 3.42. The molecule has 1 aliphatic carbocycles. The number of carbonyl (C=O) groups excluding carboxylic acids is 1. The zero-order chi connectivity index (χ0) is 15.8. The molecular weight excluding hydrogens is 306 g/mol. The summed E-state index contributed by atoms with van der Waals surface area (Å²) < 4.78 is 3.13. The van der Waals surface area contributed by atoms with E-state index >= 15 is 0 Å². The fourth-order valence-corrected chi connectivity index (χ4v) is 4.52. The summed E-state index contributed by atoms with van der Waals surface area (Å²) in [5, 5.41) is 8.63. The number of amides is 1. The zero-order valence-corrected chi connectivity index (χ0v) is 13.9. The second kappa shape index (κ2) is 5.81. The second-order valence-electron chi connectivity index (χ2n) is 6.11. The number of hydrogen-bond donors (Lipinski definition) is 1. The van der Waals surface area contributed by atoms with Gasteiger partial charge in [0.2, 0.25) is 0 Å². The van der Waals surface area contributed by atoms with Crippen molar-refractivity contribution in [3.63, 3.8) is 0 Å². The topological polar surface area (TPSA) is 46.9 Å². The summed E-state index contributed by atoms with van der Waals surface area (Å²) in [6, 6.07) is 10.5. The molecule has 4 nitrogen and oxygen atoms in total. The molecule has 0 bridgehead atoms.